The van der Waals surface area contributed by atoms with E-state index in [1.807, 2.05) is 6.92 Å². The number of hydrogen-bond donors (Lipinski definition) is 1. The molecule has 0 radical (unpaired) electrons. The fourth-order valence-electron chi connectivity index (χ4n) is 4.10. The van der Waals surface area contributed by atoms with Crippen LogP contribution in [0.1, 0.15) is 24.4 Å². The monoisotopic (exact) mass is 429 g/mol. The molecule has 1 amide bonds. The van der Waals surface area contributed by atoms with Gasteiger partial charge in [0.05, 0.1) is 18.5 Å². The van der Waals surface area contributed by atoms with Crippen LogP contribution in [0.3, 0.4) is 0 Å². The molecule has 4 rings (SSSR count). The second kappa shape index (κ2) is 8.17. The molecule has 0 saturated heterocycles. The first-order valence-electron chi connectivity index (χ1n) is 10.0. The first kappa shape index (κ1) is 21.1. The van der Waals surface area contributed by atoms with Crippen LogP contribution in [-0.2, 0) is 4.79 Å². The molecule has 1 N–H and O–H groups in total. The van der Waals surface area contributed by atoms with E-state index >= 15 is 0 Å². The predicted octanol–water partition coefficient (Wildman–Crippen LogP) is 4.82. The van der Waals surface area contributed by atoms with Crippen molar-refractivity contribution in [2.24, 2.45) is 17.3 Å². The number of carbonyl (C=O) groups excluding carboxylic acids is 1. The van der Waals surface area contributed by atoms with Gasteiger partial charge in [0.2, 0.25) is 5.91 Å². The summed E-state index contributed by atoms with van der Waals surface area (Å²) >= 11 is 0. The molecule has 2 aromatic rings. The third kappa shape index (κ3) is 4.33. The summed E-state index contributed by atoms with van der Waals surface area (Å²) < 4.78 is 46.2. The lowest BCUT2D eigenvalue weighted by atomic mass is 9.82. The van der Waals surface area contributed by atoms with Crippen molar-refractivity contribution in [3.05, 3.63) is 71.6 Å². The molecule has 2 aliphatic carbocycles. The Hall–Kier alpha value is -3.16. The number of nitrogens with zero attached hydrogens (tertiary/aromatic N) is 2. The molecule has 0 spiro atoms. The number of halogens is 3. The van der Waals surface area contributed by atoms with Crippen molar-refractivity contribution in [1.82, 2.24) is 9.97 Å². The lowest BCUT2D eigenvalue weighted by Gasteiger charge is -2.27. The van der Waals surface area contributed by atoms with Crippen LogP contribution in [-0.4, -0.2) is 22.5 Å². The highest BCUT2D eigenvalue weighted by Crippen LogP contribution is 2.60. The Labute approximate surface area is 178 Å². The number of hydrogen-bond acceptors (Lipinski definition) is 4. The van der Waals surface area contributed by atoms with Gasteiger partial charge in [-0.1, -0.05) is 6.08 Å². The zero-order chi connectivity index (χ0) is 22.2. The molecule has 162 valence electrons. The van der Waals surface area contributed by atoms with Crippen molar-refractivity contribution in [2.75, 3.05) is 11.9 Å². The minimum absolute atomic E-state index is 0.0978. The highest BCUT2D eigenvalue weighted by molar-refractivity contribution is 5.95. The molecule has 1 aromatic carbocycles. The summed E-state index contributed by atoms with van der Waals surface area (Å²) in [6.45, 7) is 3.82. The summed E-state index contributed by atoms with van der Waals surface area (Å²) in [6, 6.07) is 3.22. The maximum Gasteiger partial charge on any atom is 0.228 e. The SMILES string of the molecule is Cc1ncc(OC[C@@]2(C3C=CC(F)=CC3)C[C@H]2C(=O)Nc2ccc(F)c(F)c2)c(C)n1. The van der Waals surface area contributed by atoms with E-state index in [4.69, 9.17) is 4.74 Å². The van der Waals surface area contributed by atoms with Crippen molar-refractivity contribution < 1.29 is 22.7 Å². The van der Waals surface area contributed by atoms with Gasteiger partial charge in [0.15, 0.2) is 17.4 Å². The third-order valence-electron chi connectivity index (χ3n) is 5.97. The van der Waals surface area contributed by atoms with Crippen LogP contribution in [0.15, 0.2) is 48.5 Å². The highest BCUT2D eigenvalue weighted by atomic mass is 19.2. The maximum absolute atomic E-state index is 13.5. The topological polar surface area (TPSA) is 64.1 Å². The predicted molar refractivity (Wildman–Crippen MR) is 109 cm³/mol. The average molecular weight is 429 g/mol. The minimum Gasteiger partial charge on any atom is -0.489 e. The first-order chi connectivity index (χ1) is 14.8. The van der Waals surface area contributed by atoms with Gasteiger partial charge in [-0.25, -0.2) is 23.1 Å². The van der Waals surface area contributed by atoms with E-state index in [9.17, 15) is 18.0 Å². The average Bonchev–Trinajstić information content (AvgIpc) is 3.46. The highest BCUT2D eigenvalue weighted by Gasteiger charge is 2.62. The molecule has 3 atom stereocenters. The molecule has 1 fully saturated rings. The number of aromatic nitrogens is 2. The van der Waals surface area contributed by atoms with Crippen LogP contribution in [0.25, 0.3) is 0 Å². The fourth-order valence-corrected chi connectivity index (χ4v) is 4.10. The number of amides is 1. The van der Waals surface area contributed by atoms with Crippen molar-refractivity contribution in [3.8, 4) is 5.75 Å². The number of carbonyl (C=O) groups is 1. The zero-order valence-electron chi connectivity index (χ0n) is 17.2. The van der Waals surface area contributed by atoms with E-state index < -0.39 is 23.0 Å². The number of benzene rings is 1. The number of allylic oxidation sites excluding steroid dienone is 4. The van der Waals surface area contributed by atoms with Gasteiger partial charge in [-0.05, 0) is 56.9 Å². The molecule has 5 nitrogen and oxygen atoms in total. The van der Waals surface area contributed by atoms with Crippen LogP contribution in [0.2, 0.25) is 0 Å². The van der Waals surface area contributed by atoms with E-state index in [0.717, 1.165) is 12.1 Å². The number of nitrogens with one attached hydrogen (secondary N) is 1. The van der Waals surface area contributed by atoms with Crippen LogP contribution in [0.4, 0.5) is 18.9 Å². The van der Waals surface area contributed by atoms with Gasteiger partial charge in [-0.15, -0.1) is 0 Å². The van der Waals surface area contributed by atoms with Gasteiger partial charge in [-0.3, -0.25) is 4.79 Å². The van der Waals surface area contributed by atoms with Gasteiger partial charge in [-0.2, -0.15) is 0 Å². The molecule has 2 aliphatic rings. The Kier molecular flexibility index (Phi) is 5.56. The standard InChI is InChI=1S/C23H22F3N3O2/c1-13-21(11-27-14(2)28-13)31-12-23(15-3-5-16(24)6-4-15)10-18(23)22(30)29-17-7-8-19(25)20(26)9-17/h3,5-9,11,15,18H,4,10,12H2,1-2H3,(H,29,30)/t15?,18-,23+/m0/s1. The van der Waals surface area contributed by atoms with E-state index in [-0.39, 0.29) is 29.9 Å². The van der Waals surface area contributed by atoms with E-state index in [0.29, 0.717) is 30.1 Å². The molecule has 1 unspecified atom stereocenters. The molecule has 8 heteroatoms. The molecule has 1 saturated carbocycles. The van der Waals surface area contributed by atoms with Crippen molar-refractivity contribution >= 4 is 11.6 Å². The third-order valence-corrected chi connectivity index (χ3v) is 5.97. The second-order valence-electron chi connectivity index (χ2n) is 8.05. The molecule has 0 bridgehead atoms. The van der Waals surface area contributed by atoms with Gasteiger partial charge >= 0.3 is 0 Å². The van der Waals surface area contributed by atoms with Crippen molar-refractivity contribution in [3.63, 3.8) is 0 Å². The van der Waals surface area contributed by atoms with Gasteiger partial charge < -0.3 is 10.1 Å². The van der Waals surface area contributed by atoms with E-state index in [1.165, 1.54) is 18.2 Å². The molecule has 1 aromatic heterocycles. The molecule has 0 aliphatic heterocycles. The molecule has 1 heterocycles. The Morgan fingerprint density at radius 1 is 1.26 bits per heavy atom. The Balaban J connectivity index is 1.52. The Bertz CT molecular complexity index is 1090. The normalized spacial score (nSPS) is 24.5. The number of rotatable bonds is 6. The van der Waals surface area contributed by atoms with Gasteiger partial charge in [0, 0.05) is 23.1 Å². The summed E-state index contributed by atoms with van der Waals surface area (Å²) in [5.74, 6) is -1.99. The maximum atomic E-state index is 13.5. The van der Waals surface area contributed by atoms with E-state index in [1.54, 1.807) is 19.2 Å². The van der Waals surface area contributed by atoms with Crippen LogP contribution < -0.4 is 10.1 Å². The fraction of sp³-hybridized carbons (Fsp3) is 0.348. The summed E-state index contributed by atoms with van der Waals surface area (Å²) in [4.78, 5) is 21.3. The Morgan fingerprint density at radius 2 is 2.06 bits per heavy atom. The summed E-state index contributed by atoms with van der Waals surface area (Å²) in [6.07, 6.45) is 7.24. The van der Waals surface area contributed by atoms with Crippen LogP contribution in [0, 0.1) is 42.7 Å². The van der Waals surface area contributed by atoms with Crippen molar-refractivity contribution in [2.45, 2.75) is 26.7 Å². The second-order valence-corrected chi connectivity index (χ2v) is 8.05. The largest absolute Gasteiger partial charge is 0.489 e. The smallest absolute Gasteiger partial charge is 0.228 e. The quantitative estimate of drug-likeness (QED) is 0.715. The summed E-state index contributed by atoms with van der Waals surface area (Å²) in [5.41, 5.74) is 0.322. The molecular weight excluding hydrogens is 407 g/mol. The van der Waals surface area contributed by atoms with Gasteiger partial charge in [0.1, 0.15) is 11.7 Å². The van der Waals surface area contributed by atoms with Gasteiger partial charge in [0.25, 0.3) is 0 Å². The molecule has 31 heavy (non-hydrogen) atoms. The van der Waals surface area contributed by atoms with Crippen LogP contribution in [0.5, 0.6) is 5.75 Å². The number of anilines is 1. The number of aryl methyl sites for hydroxylation is 2. The number of ether oxygens (including phenoxy) is 1. The van der Waals surface area contributed by atoms with Crippen LogP contribution >= 0.6 is 0 Å². The molecular formula is C23H22F3N3O2. The lowest BCUT2D eigenvalue weighted by Crippen LogP contribution is -2.29. The minimum atomic E-state index is -1.03. The zero-order valence-corrected chi connectivity index (χ0v) is 17.2. The van der Waals surface area contributed by atoms with Crippen molar-refractivity contribution in [1.29, 1.82) is 0 Å². The summed E-state index contributed by atoms with van der Waals surface area (Å²) in [5, 5.41) is 2.65. The Morgan fingerprint density at radius 3 is 2.74 bits per heavy atom. The first-order valence-corrected chi connectivity index (χ1v) is 10.0. The summed E-state index contributed by atoms with van der Waals surface area (Å²) in [7, 11) is 0. The lowest BCUT2D eigenvalue weighted by molar-refractivity contribution is -0.118. The van der Waals surface area contributed by atoms with E-state index in [2.05, 4.69) is 15.3 Å².